The average Bonchev–Trinajstić information content (AvgIpc) is 1.63. The molecule has 0 aliphatic carbocycles. The van der Waals surface area contributed by atoms with Crippen LogP contribution in [0.3, 0.4) is 0 Å². The molecule has 0 atom stereocenters. The molecule has 5 nitrogen and oxygen atoms in total. The molecule has 5 heteroatoms. The lowest BCUT2D eigenvalue weighted by atomic mass is 10.5. The lowest BCUT2D eigenvalue weighted by molar-refractivity contribution is -0.354. The van der Waals surface area contributed by atoms with Crippen LogP contribution < -0.4 is 0 Å². The molecule has 52 valence electrons. The van der Waals surface area contributed by atoms with Crippen molar-refractivity contribution in [1.29, 1.82) is 5.41 Å². The van der Waals surface area contributed by atoms with E-state index in [1.165, 1.54) is 0 Å². The van der Waals surface area contributed by atoms with Gasteiger partial charge in [-0.2, -0.15) is 0 Å². The molecule has 0 aromatic heterocycles. The molecule has 1 N–H and O–H groups in total. The van der Waals surface area contributed by atoms with Crippen LogP contribution >= 0.6 is 0 Å². The minimum Gasteiger partial charge on any atom is -0.358 e. The predicted octanol–water partition coefficient (Wildman–Crippen LogP) is -0.198. The summed E-state index contributed by atoms with van der Waals surface area (Å²) in [5.41, 5.74) is 0. The van der Waals surface area contributed by atoms with Gasteiger partial charge >= 0.3 is 5.84 Å². The molecule has 0 radical (unpaired) electrons. The highest BCUT2D eigenvalue weighted by atomic mass is 16.6. The molecule has 0 rings (SSSR count). The third-order valence-corrected chi connectivity index (χ3v) is 0.686. The number of nitrogens with zero attached hydrogens (tertiary/aromatic N) is 2. The van der Waals surface area contributed by atoms with E-state index in [9.17, 15) is 10.1 Å². The maximum atomic E-state index is 9.79. The largest absolute Gasteiger partial charge is 0.358 e. The van der Waals surface area contributed by atoms with E-state index in [2.05, 4.69) is 0 Å². The fourth-order valence-electron chi connectivity index (χ4n) is 0.357. The van der Waals surface area contributed by atoms with Crippen LogP contribution in [0.25, 0.3) is 0 Å². The van der Waals surface area contributed by atoms with E-state index in [1.54, 1.807) is 19.0 Å². The lowest BCUT2D eigenvalue weighted by Crippen LogP contribution is -2.26. The van der Waals surface area contributed by atoms with E-state index in [4.69, 9.17) is 5.41 Å². The van der Waals surface area contributed by atoms with E-state index in [1.807, 2.05) is 0 Å². The highest BCUT2D eigenvalue weighted by Gasteiger charge is 2.07. The van der Waals surface area contributed by atoms with Crippen LogP contribution in [0.15, 0.2) is 0 Å². The first kappa shape index (κ1) is 8.03. The number of hydrogen-bond acceptors (Lipinski definition) is 4. The van der Waals surface area contributed by atoms with Gasteiger partial charge in [-0.1, -0.05) is 5.41 Å². The summed E-state index contributed by atoms with van der Waals surface area (Å²) >= 11 is 0. The van der Waals surface area contributed by atoms with Crippen molar-refractivity contribution in [3.05, 3.63) is 10.1 Å². The Hall–Kier alpha value is -0.970. The van der Waals surface area contributed by atoms with Gasteiger partial charge in [0.05, 0.1) is 0 Å². The average molecular weight is 131 g/mol. The zero-order valence-electron chi connectivity index (χ0n) is 5.42. The summed E-state index contributed by atoms with van der Waals surface area (Å²) in [5, 5.41) is 16.5. The molecule has 9 heavy (non-hydrogen) atoms. The van der Waals surface area contributed by atoms with Gasteiger partial charge in [-0.3, -0.25) is 4.90 Å². The van der Waals surface area contributed by atoms with Crippen molar-refractivity contribution in [2.45, 2.75) is 0 Å². The maximum absolute atomic E-state index is 9.79. The highest BCUT2D eigenvalue weighted by molar-refractivity contribution is 5.72. The molecule has 0 saturated heterocycles. The molecule has 0 heterocycles. The smallest absolute Gasteiger partial charge is 0.345 e. The normalized spacial score (nSPS) is 9.67. The van der Waals surface area contributed by atoms with Crippen LogP contribution in [0.1, 0.15) is 0 Å². The number of rotatable bonds is 2. The molecular formula is C4H9N3O2. The third kappa shape index (κ3) is 3.60. The standard InChI is InChI=1S/C4H9N3O2/c1-6(2)3-4(5)7(8)9/h5H,3H2,1-2H3. The number of likely N-dealkylation sites (N-methyl/N-ethyl adjacent to an activating group) is 1. The Morgan fingerprint density at radius 1 is 1.78 bits per heavy atom. The second-order valence-corrected chi connectivity index (χ2v) is 1.94. The van der Waals surface area contributed by atoms with Crippen molar-refractivity contribution in [2.24, 2.45) is 0 Å². The predicted molar refractivity (Wildman–Crippen MR) is 33.3 cm³/mol. The van der Waals surface area contributed by atoms with Crippen molar-refractivity contribution in [2.75, 3.05) is 20.6 Å². The molecule has 0 saturated carbocycles. The number of amidine groups is 1. The van der Waals surface area contributed by atoms with E-state index < -0.39 is 10.8 Å². The number of nitrogens with one attached hydrogen (secondary N) is 1. The van der Waals surface area contributed by atoms with E-state index in [-0.39, 0.29) is 6.54 Å². The molecule has 0 fully saturated rings. The zero-order valence-corrected chi connectivity index (χ0v) is 5.42. The van der Waals surface area contributed by atoms with Gasteiger partial charge in [0.15, 0.2) is 0 Å². The Kier molecular flexibility index (Phi) is 2.80. The second-order valence-electron chi connectivity index (χ2n) is 1.94. The van der Waals surface area contributed by atoms with Gasteiger partial charge in [0.25, 0.3) is 0 Å². The lowest BCUT2D eigenvalue weighted by Gasteiger charge is -2.04. The number of hydrogen-bond donors (Lipinski definition) is 1. The molecule has 0 aliphatic rings. The van der Waals surface area contributed by atoms with Gasteiger partial charge in [0.2, 0.25) is 0 Å². The molecule has 0 aromatic carbocycles. The van der Waals surface area contributed by atoms with Crippen LogP contribution in [0.5, 0.6) is 0 Å². The molecular weight excluding hydrogens is 122 g/mol. The molecule has 0 aliphatic heterocycles. The van der Waals surface area contributed by atoms with Gasteiger partial charge in [-0.25, -0.2) is 0 Å². The minimum atomic E-state index is -0.694. The van der Waals surface area contributed by atoms with Gasteiger partial charge in [0, 0.05) is 0 Å². The van der Waals surface area contributed by atoms with Crippen molar-refractivity contribution >= 4 is 5.84 Å². The summed E-state index contributed by atoms with van der Waals surface area (Å²) in [7, 11) is 3.36. The second kappa shape index (κ2) is 3.13. The zero-order chi connectivity index (χ0) is 7.44. The topological polar surface area (TPSA) is 70.2 Å². The van der Waals surface area contributed by atoms with Crippen LogP contribution in [0.4, 0.5) is 0 Å². The molecule has 0 bridgehead atoms. The molecule has 0 unspecified atom stereocenters. The van der Waals surface area contributed by atoms with Gasteiger partial charge < -0.3 is 10.1 Å². The Labute approximate surface area is 52.9 Å². The van der Waals surface area contributed by atoms with Crippen molar-refractivity contribution in [1.82, 2.24) is 4.90 Å². The van der Waals surface area contributed by atoms with Crippen LogP contribution in [0.2, 0.25) is 0 Å². The summed E-state index contributed by atoms with van der Waals surface area (Å²) in [5.74, 6) is -0.472. The first-order chi connectivity index (χ1) is 4.04. The fourth-order valence-corrected chi connectivity index (χ4v) is 0.357. The molecule has 0 amide bonds. The molecule has 0 aromatic rings. The van der Waals surface area contributed by atoms with Crippen molar-refractivity contribution in [3.8, 4) is 0 Å². The van der Waals surface area contributed by atoms with Gasteiger partial charge in [0.1, 0.15) is 6.54 Å². The minimum absolute atomic E-state index is 0.0903. The van der Waals surface area contributed by atoms with Crippen molar-refractivity contribution < 1.29 is 4.92 Å². The Bertz CT molecular complexity index is 132. The monoisotopic (exact) mass is 131 g/mol. The Morgan fingerprint density at radius 2 is 2.22 bits per heavy atom. The Morgan fingerprint density at radius 3 is 2.33 bits per heavy atom. The summed E-state index contributed by atoms with van der Waals surface area (Å²) in [6.45, 7) is 0.0903. The maximum Gasteiger partial charge on any atom is 0.345 e. The quantitative estimate of drug-likeness (QED) is 0.244. The van der Waals surface area contributed by atoms with Crippen LogP contribution in [-0.2, 0) is 0 Å². The first-order valence-electron chi connectivity index (χ1n) is 2.40. The van der Waals surface area contributed by atoms with Crippen LogP contribution in [-0.4, -0.2) is 36.3 Å². The Balaban J connectivity index is 3.65. The summed E-state index contributed by atoms with van der Waals surface area (Å²) in [6.07, 6.45) is 0. The van der Waals surface area contributed by atoms with Gasteiger partial charge in [-0.15, -0.1) is 0 Å². The van der Waals surface area contributed by atoms with E-state index in [0.717, 1.165) is 0 Å². The molecule has 0 spiro atoms. The highest BCUT2D eigenvalue weighted by Crippen LogP contribution is 1.78. The fraction of sp³-hybridized carbons (Fsp3) is 0.750. The number of nitro groups is 1. The third-order valence-electron chi connectivity index (χ3n) is 0.686. The first-order valence-corrected chi connectivity index (χ1v) is 2.40. The van der Waals surface area contributed by atoms with E-state index in [0.29, 0.717) is 0 Å². The van der Waals surface area contributed by atoms with Gasteiger partial charge in [-0.05, 0) is 19.0 Å². The summed E-state index contributed by atoms with van der Waals surface area (Å²) in [4.78, 5) is 10.7. The summed E-state index contributed by atoms with van der Waals surface area (Å²) in [6, 6.07) is 0. The van der Waals surface area contributed by atoms with Crippen molar-refractivity contribution in [3.63, 3.8) is 0 Å². The van der Waals surface area contributed by atoms with Crippen LogP contribution in [0, 0.1) is 15.5 Å². The SMILES string of the molecule is CN(C)CC(=N)[N+](=O)[O-]. The summed E-state index contributed by atoms with van der Waals surface area (Å²) < 4.78 is 0. The van der Waals surface area contributed by atoms with E-state index >= 15 is 0 Å².